The molecule has 146 valence electrons. The number of urea groups is 1. The van der Waals surface area contributed by atoms with Crippen LogP contribution in [0.15, 0.2) is 36.4 Å². The lowest BCUT2D eigenvalue weighted by Gasteiger charge is -2.30. The Morgan fingerprint density at radius 3 is 1.85 bits per heavy atom. The first-order valence-electron chi connectivity index (χ1n) is 8.78. The molecule has 1 aromatic heterocycles. The fourth-order valence-electron chi connectivity index (χ4n) is 2.76. The standard InChI is InChI=1S/C20H28N4O3/c1-14-8-9-15(2)23(14)18-12-10-17(11-13-18)16(3)24(19(25)21(4)5)27-20(26)22(6)7/h8-13,16H,1-7H3. The van der Waals surface area contributed by atoms with Crippen molar-refractivity contribution >= 4 is 12.1 Å². The number of benzene rings is 1. The molecule has 27 heavy (non-hydrogen) atoms. The number of aryl methyl sites for hydroxylation is 2. The highest BCUT2D eigenvalue weighted by Gasteiger charge is 2.28. The highest BCUT2D eigenvalue weighted by atomic mass is 16.7. The summed E-state index contributed by atoms with van der Waals surface area (Å²) in [6.45, 7) is 5.94. The monoisotopic (exact) mass is 372 g/mol. The van der Waals surface area contributed by atoms with Gasteiger partial charge in [0.2, 0.25) is 0 Å². The molecule has 2 rings (SSSR count). The fourth-order valence-corrected chi connectivity index (χ4v) is 2.76. The first-order chi connectivity index (χ1) is 12.6. The molecule has 1 heterocycles. The second-order valence-corrected chi connectivity index (χ2v) is 6.97. The lowest BCUT2D eigenvalue weighted by atomic mass is 10.1. The minimum absolute atomic E-state index is 0.404. The lowest BCUT2D eigenvalue weighted by Crippen LogP contribution is -2.44. The first kappa shape index (κ1) is 20.4. The lowest BCUT2D eigenvalue weighted by molar-refractivity contribution is -0.101. The van der Waals surface area contributed by atoms with Crippen molar-refractivity contribution in [3.05, 3.63) is 53.3 Å². The summed E-state index contributed by atoms with van der Waals surface area (Å²) in [6.07, 6.45) is -0.604. The molecule has 0 N–H and O–H groups in total. The number of hydrogen-bond donors (Lipinski definition) is 0. The van der Waals surface area contributed by atoms with Gasteiger partial charge in [-0.3, -0.25) is 0 Å². The molecule has 3 amide bonds. The van der Waals surface area contributed by atoms with Crippen LogP contribution in [-0.2, 0) is 4.84 Å². The number of rotatable bonds is 3. The molecule has 1 atom stereocenters. The Labute approximate surface area is 160 Å². The van der Waals surface area contributed by atoms with Crippen LogP contribution in [0.5, 0.6) is 0 Å². The van der Waals surface area contributed by atoms with Gasteiger partial charge in [-0.1, -0.05) is 12.1 Å². The Morgan fingerprint density at radius 1 is 0.889 bits per heavy atom. The highest BCUT2D eigenvalue weighted by molar-refractivity contribution is 5.76. The summed E-state index contributed by atoms with van der Waals surface area (Å²) < 4.78 is 2.16. The number of amides is 3. The summed E-state index contributed by atoms with van der Waals surface area (Å²) >= 11 is 0. The van der Waals surface area contributed by atoms with Crippen LogP contribution < -0.4 is 0 Å². The zero-order valence-electron chi connectivity index (χ0n) is 17.1. The van der Waals surface area contributed by atoms with Crippen molar-refractivity contribution < 1.29 is 14.4 Å². The summed E-state index contributed by atoms with van der Waals surface area (Å²) in [4.78, 5) is 32.5. The molecule has 0 radical (unpaired) electrons. The van der Waals surface area contributed by atoms with Crippen molar-refractivity contribution in [2.45, 2.75) is 26.8 Å². The molecule has 0 bridgehead atoms. The van der Waals surface area contributed by atoms with E-state index in [2.05, 4.69) is 30.5 Å². The highest BCUT2D eigenvalue weighted by Crippen LogP contribution is 2.24. The van der Waals surface area contributed by atoms with Gasteiger partial charge in [-0.25, -0.2) is 9.59 Å². The van der Waals surface area contributed by atoms with Gasteiger partial charge in [0, 0.05) is 45.3 Å². The molecule has 0 aliphatic carbocycles. The van der Waals surface area contributed by atoms with Gasteiger partial charge < -0.3 is 19.2 Å². The summed E-state index contributed by atoms with van der Waals surface area (Å²) in [7, 11) is 6.38. The van der Waals surface area contributed by atoms with Crippen LogP contribution in [0, 0.1) is 13.8 Å². The SMILES string of the molecule is Cc1ccc(C)n1-c1ccc(C(C)N(OC(=O)N(C)C)C(=O)N(C)C)cc1. The molecule has 1 aromatic carbocycles. The number of nitrogens with zero attached hydrogens (tertiary/aromatic N) is 4. The van der Waals surface area contributed by atoms with E-state index in [4.69, 9.17) is 4.84 Å². The van der Waals surface area contributed by atoms with Crippen LogP contribution in [-0.4, -0.2) is 59.7 Å². The van der Waals surface area contributed by atoms with Gasteiger partial charge in [0.25, 0.3) is 0 Å². The predicted molar refractivity (Wildman–Crippen MR) is 105 cm³/mol. The fraction of sp³-hybridized carbons (Fsp3) is 0.400. The summed E-state index contributed by atoms with van der Waals surface area (Å²) in [5.74, 6) is 0. The molecule has 0 fully saturated rings. The van der Waals surface area contributed by atoms with Gasteiger partial charge in [0.05, 0.1) is 6.04 Å². The normalized spacial score (nSPS) is 11.7. The maximum atomic E-state index is 12.5. The molecule has 0 aliphatic heterocycles. The number of carbonyl (C=O) groups excluding carboxylic acids is 2. The largest absolute Gasteiger partial charge is 0.433 e. The third kappa shape index (κ3) is 4.42. The topological polar surface area (TPSA) is 58.0 Å². The van der Waals surface area contributed by atoms with Crippen molar-refractivity contribution in [1.29, 1.82) is 0 Å². The number of hydrogen-bond acceptors (Lipinski definition) is 3. The zero-order valence-corrected chi connectivity index (χ0v) is 17.1. The van der Waals surface area contributed by atoms with Crippen LogP contribution in [0.25, 0.3) is 5.69 Å². The Kier molecular flexibility index (Phi) is 6.15. The maximum absolute atomic E-state index is 12.5. The van der Waals surface area contributed by atoms with E-state index >= 15 is 0 Å². The molecule has 0 saturated carbocycles. The Morgan fingerprint density at radius 2 is 1.41 bits per heavy atom. The van der Waals surface area contributed by atoms with E-state index in [1.54, 1.807) is 28.2 Å². The Hall–Kier alpha value is -2.96. The minimum Gasteiger partial charge on any atom is -0.328 e. The summed E-state index contributed by atoms with van der Waals surface area (Å²) in [5, 5.41) is 1.10. The van der Waals surface area contributed by atoms with Crippen LogP contribution >= 0.6 is 0 Å². The van der Waals surface area contributed by atoms with E-state index in [9.17, 15) is 9.59 Å². The van der Waals surface area contributed by atoms with Gasteiger partial charge in [-0.2, -0.15) is 0 Å². The van der Waals surface area contributed by atoms with E-state index in [-0.39, 0.29) is 0 Å². The van der Waals surface area contributed by atoms with E-state index in [0.717, 1.165) is 27.7 Å². The third-order valence-electron chi connectivity index (χ3n) is 4.37. The molecule has 2 aromatic rings. The average Bonchev–Trinajstić information content (AvgIpc) is 2.96. The molecule has 0 aliphatic rings. The van der Waals surface area contributed by atoms with E-state index in [0.29, 0.717) is 0 Å². The summed E-state index contributed by atoms with van der Waals surface area (Å²) in [5.41, 5.74) is 4.21. The van der Waals surface area contributed by atoms with Crippen molar-refractivity contribution in [2.75, 3.05) is 28.2 Å². The maximum Gasteiger partial charge on any atom is 0.433 e. The van der Waals surface area contributed by atoms with Crippen molar-refractivity contribution in [1.82, 2.24) is 19.4 Å². The Bertz CT molecular complexity index is 790. The first-order valence-corrected chi connectivity index (χ1v) is 8.78. The van der Waals surface area contributed by atoms with Crippen molar-refractivity contribution in [2.24, 2.45) is 0 Å². The quantitative estimate of drug-likeness (QED) is 0.771. The zero-order chi connectivity index (χ0) is 20.3. The van der Waals surface area contributed by atoms with Crippen LogP contribution in [0.3, 0.4) is 0 Å². The molecule has 0 spiro atoms. The van der Waals surface area contributed by atoms with Crippen molar-refractivity contribution in [3.8, 4) is 5.69 Å². The van der Waals surface area contributed by atoms with Gasteiger partial charge >= 0.3 is 12.1 Å². The number of carbonyl (C=O) groups is 2. The van der Waals surface area contributed by atoms with Crippen molar-refractivity contribution in [3.63, 3.8) is 0 Å². The Balaban J connectivity index is 2.30. The van der Waals surface area contributed by atoms with Gasteiger partial charge in [0.15, 0.2) is 0 Å². The predicted octanol–water partition coefficient (Wildman–Crippen LogP) is 3.75. The van der Waals surface area contributed by atoms with Gasteiger partial charge in [-0.15, -0.1) is 5.06 Å². The van der Waals surface area contributed by atoms with Gasteiger partial charge in [0.1, 0.15) is 0 Å². The van der Waals surface area contributed by atoms with Crippen LogP contribution in [0.2, 0.25) is 0 Å². The second-order valence-electron chi connectivity index (χ2n) is 6.97. The summed E-state index contributed by atoms with van der Waals surface area (Å²) in [6, 6.07) is 11.2. The number of aromatic nitrogens is 1. The molecule has 0 saturated heterocycles. The third-order valence-corrected chi connectivity index (χ3v) is 4.37. The van der Waals surface area contributed by atoms with Gasteiger partial charge in [-0.05, 0) is 50.6 Å². The molecule has 1 unspecified atom stereocenters. The van der Waals surface area contributed by atoms with E-state index in [1.807, 2.05) is 31.2 Å². The van der Waals surface area contributed by atoms with Crippen LogP contribution in [0.4, 0.5) is 9.59 Å². The second kappa shape index (κ2) is 8.16. The average molecular weight is 372 g/mol. The number of hydroxylamine groups is 2. The minimum atomic E-state index is -0.604. The molecular formula is C20H28N4O3. The molecule has 7 nitrogen and oxygen atoms in total. The van der Waals surface area contributed by atoms with Crippen LogP contribution in [0.1, 0.15) is 29.9 Å². The molecular weight excluding hydrogens is 344 g/mol. The van der Waals surface area contributed by atoms with E-state index in [1.165, 1.54) is 9.80 Å². The smallest absolute Gasteiger partial charge is 0.328 e. The van der Waals surface area contributed by atoms with E-state index < -0.39 is 18.2 Å². The molecule has 7 heteroatoms.